The number of benzene rings is 1. The number of carbonyl (C=O) groups excluding carboxylic acids is 1. The van der Waals surface area contributed by atoms with Crippen LogP contribution in [0, 0.1) is 6.92 Å². The summed E-state index contributed by atoms with van der Waals surface area (Å²) in [5, 5.41) is 2.84. The zero-order chi connectivity index (χ0) is 18.7. The van der Waals surface area contributed by atoms with Gasteiger partial charge in [0, 0.05) is 24.2 Å². The summed E-state index contributed by atoms with van der Waals surface area (Å²) in [6.07, 6.45) is 3.10. The maximum atomic E-state index is 12.6. The number of para-hydroxylation sites is 2. The van der Waals surface area contributed by atoms with Crippen LogP contribution in [0.2, 0.25) is 0 Å². The third-order valence-corrected chi connectivity index (χ3v) is 3.71. The van der Waals surface area contributed by atoms with Crippen LogP contribution in [-0.2, 0) is 0 Å². The van der Waals surface area contributed by atoms with E-state index < -0.39 is 0 Å². The Labute approximate surface area is 150 Å². The number of nitrogens with one attached hydrogen (secondary N) is 2. The number of hydrogen-bond donors (Lipinski definition) is 2. The molecule has 0 fully saturated rings. The molecule has 0 atom stereocenters. The third-order valence-electron chi connectivity index (χ3n) is 3.71. The number of rotatable bonds is 5. The standard InChI is InChI=1S/C19H20N4O3/c1-12(2)26-17-9-8-14(11-20-17)18(24)22-15-6-4-5-7-16(15)23-13(3)10-21-19(23)25/h4-12H,1-3H3,(H,21,25)(H,22,24). The Balaban J connectivity index is 1.86. The number of aromatic nitrogens is 3. The van der Waals surface area contributed by atoms with Crippen LogP contribution in [-0.4, -0.2) is 26.5 Å². The van der Waals surface area contributed by atoms with Gasteiger partial charge in [0.2, 0.25) is 5.88 Å². The van der Waals surface area contributed by atoms with Crippen molar-refractivity contribution < 1.29 is 9.53 Å². The van der Waals surface area contributed by atoms with Gasteiger partial charge in [-0.05, 0) is 39.0 Å². The van der Waals surface area contributed by atoms with E-state index in [1.165, 1.54) is 10.8 Å². The summed E-state index contributed by atoms with van der Waals surface area (Å²) >= 11 is 0. The SMILES string of the molecule is Cc1c[nH]c(=O)n1-c1ccccc1NC(=O)c1ccc(OC(C)C)nc1. The second-order valence-electron chi connectivity index (χ2n) is 6.09. The Hall–Kier alpha value is -3.35. The van der Waals surface area contributed by atoms with Gasteiger partial charge in [-0.15, -0.1) is 0 Å². The van der Waals surface area contributed by atoms with Crippen molar-refractivity contribution in [3.63, 3.8) is 0 Å². The molecule has 1 aromatic carbocycles. The zero-order valence-corrected chi connectivity index (χ0v) is 14.8. The van der Waals surface area contributed by atoms with Gasteiger partial charge in [0.25, 0.3) is 5.91 Å². The van der Waals surface area contributed by atoms with Crippen LogP contribution in [0.5, 0.6) is 5.88 Å². The fourth-order valence-electron chi connectivity index (χ4n) is 2.55. The lowest BCUT2D eigenvalue weighted by Crippen LogP contribution is -2.19. The van der Waals surface area contributed by atoms with Crippen LogP contribution < -0.4 is 15.7 Å². The highest BCUT2D eigenvalue weighted by molar-refractivity contribution is 6.05. The first kappa shape index (κ1) is 17.5. The molecule has 2 aromatic heterocycles. The highest BCUT2D eigenvalue weighted by Gasteiger charge is 2.13. The lowest BCUT2D eigenvalue weighted by molar-refractivity contribution is 0.102. The molecule has 3 aromatic rings. The molecule has 2 N–H and O–H groups in total. The number of ether oxygens (including phenoxy) is 1. The van der Waals surface area contributed by atoms with Crippen LogP contribution in [0.25, 0.3) is 5.69 Å². The third kappa shape index (κ3) is 3.66. The molecule has 0 aliphatic rings. The molecule has 0 saturated carbocycles. The van der Waals surface area contributed by atoms with E-state index in [1.807, 2.05) is 26.8 Å². The van der Waals surface area contributed by atoms with E-state index in [9.17, 15) is 9.59 Å². The van der Waals surface area contributed by atoms with Gasteiger partial charge in [0.05, 0.1) is 23.0 Å². The summed E-state index contributed by atoms with van der Waals surface area (Å²) in [4.78, 5) is 31.4. The van der Waals surface area contributed by atoms with Gasteiger partial charge in [-0.1, -0.05) is 12.1 Å². The van der Waals surface area contributed by atoms with Crippen molar-refractivity contribution in [2.75, 3.05) is 5.32 Å². The van der Waals surface area contributed by atoms with Crippen molar-refractivity contribution in [2.45, 2.75) is 26.9 Å². The van der Waals surface area contributed by atoms with Gasteiger partial charge in [0.1, 0.15) is 0 Å². The molecule has 3 rings (SSSR count). The quantitative estimate of drug-likeness (QED) is 0.739. The van der Waals surface area contributed by atoms with Crippen LogP contribution in [0.15, 0.2) is 53.6 Å². The summed E-state index contributed by atoms with van der Waals surface area (Å²) in [5.41, 5.74) is 2.01. The Morgan fingerprint density at radius 1 is 1.23 bits per heavy atom. The van der Waals surface area contributed by atoms with Gasteiger partial charge in [-0.3, -0.25) is 9.36 Å². The van der Waals surface area contributed by atoms with E-state index in [2.05, 4.69) is 15.3 Å². The minimum Gasteiger partial charge on any atom is -0.475 e. The summed E-state index contributed by atoms with van der Waals surface area (Å²) in [5.74, 6) is 0.147. The lowest BCUT2D eigenvalue weighted by atomic mass is 10.2. The number of pyridine rings is 1. The van der Waals surface area contributed by atoms with Gasteiger partial charge >= 0.3 is 5.69 Å². The number of carbonyl (C=O) groups is 1. The summed E-state index contributed by atoms with van der Waals surface area (Å²) in [6.45, 7) is 5.63. The molecule has 7 heteroatoms. The van der Waals surface area contributed by atoms with E-state index >= 15 is 0 Å². The number of hydrogen-bond acceptors (Lipinski definition) is 4. The smallest absolute Gasteiger partial charge is 0.330 e. The second-order valence-corrected chi connectivity index (χ2v) is 6.09. The summed E-state index contributed by atoms with van der Waals surface area (Å²) in [7, 11) is 0. The van der Waals surface area contributed by atoms with Crippen molar-refractivity contribution in [1.29, 1.82) is 0 Å². The topological polar surface area (TPSA) is 89.0 Å². The normalized spacial score (nSPS) is 10.8. The Morgan fingerprint density at radius 3 is 2.62 bits per heavy atom. The van der Waals surface area contributed by atoms with E-state index in [0.717, 1.165) is 5.69 Å². The van der Waals surface area contributed by atoms with Crippen molar-refractivity contribution in [1.82, 2.24) is 14.5 Å². The van der Waals surface area contributed by atoms with Crippen LogP contribution in [0.4, 0.5) is 5.69 Å². The minimum absolute atomic E-state index is 0.0111. The molecule has 26 heavy (non-hydrogen) atoms. The van der Waals surface area contributed by atoms with Crippen molar-refractivity contribution in [3.8, 4) is 11.6 Å². The molecule has 0 bridgehead atoms. The monoisotopic (exact) mass is 352 g/mol. The predicted molar refractivity (Wildman–Crippen MR) is 99.1 cm³/mol. The Bertz CT molecular complexity index is 971. The lowest BCUT2D eigenvalue weighted by Gasteiger charge is -2.13. The molecule has 2 heterocycles. The average molecular weight is 352 g/mol. The first-order valence-corrected chi connectivity index (χ1v) is 8.26. The van der Waals surface area contributed by atoms with Gasteiger partial charge in [-0.2, -0.15) is 0 Å². The molecule has 134 valence electrons. The van der Waals surface area contributed by atoms with Crippen molar-refractivity contribution in [3.05, 3.63) is 70.5 Å². The molecule has 0 aliphatic carbocycles. The fraction of sp³-hybridized carbons (Fsp3) is 0.211. The van der Waals surface area contributed by atoms with Crippen molar-refractivity contribution in [2.24, 2.45) is 0 Å². The number of nitrogens with zero attached hydrogens (tertiary/aromatic N) is 2. The van der Waals surface area contributed by atoms with Crippen LogP contribution in [0.3, 0.4) is 0 Å². The van der Waals surface area contributed by atoms with Gasteiger partial charge in [-0.25, -0.2) is 9.78 Å². The molecule has 0 unspecified atom stereocenters. The van der Waals surface area contributed by atoms with Crippen LogP contribution in [0.1, 0.15) is 29.9 Å². The summed E-state index contributed by atoms with van der Waals surface area (Å²) < 4.78 is 6.98. The zero-order valence-electron chi connectivity index (χ0n) is 14.8. The first-order valence-electron chi connectivity index (χ1n) is 8.26. The van der Waals surface area contributed by atoms with Crippen LogP contribution >= 0.6 is 0 Å². The Morgan fingerprint density at radius 2 is 2.00 bits per heavy atom. The van der Waals surface area contributed by atoms with E-state index in [0.29, 0.717) is 22.8 Å². The number of H-pyrrole nitrogens is 1. The van der Waals surface area contributed by atoms with Crippen molar-refractivity contribution >= 4 is 11.6 Å². The largest absolute Gasteiger partial charge is 0.475 e. The maximum Gasteiger partial charge on any atom is 0.330 e. The highest BCUT2D eigenvalue weighted by Crippen LogP contribution is 2.21. The fourth-order valence-corrected chi connectivity index (χ4v) is 2.55. The molecular weight excluding hydrogens is 332 g/mol. The highest BCUT2D eigenvalue weighted by atomic mass is 16.5. The number of aryl methyl sites for hydroxylation is 1. The number of aromatic amines is 1. The first-order chi connectivity index (χ1) is 12.5. The molecule has 1 amide bonds. The Kier molecular flexibility index (Phi) is 4.88. The number of anilines is 1. The molecular formula is C19H20N4O3. The van der Waals surface area contributed by atoms with E-state index in [1.54, 1.807) is 36.5 Å². The number of amides is 1. The maximum absolute atomic E-state index is 12.6. The molecule has 0 aliphatic heterocycles. The molecule has 0 spiro atoms. The van der Waals surface area contributed by atoms with E-state index in [4.69, 9.17) is 4.74 Å². The number of imidazole rings is 1. The molecule has 0 saturated heterocycles. The predicted octanol–water partition coefficient (Wildman–Crippen LogP) is 2.91. The second kappa shape index (κ2) is 7.26. The summed E-state index contributed by atoms with van der Waals surface area (Å²) in [6, 6.07) is 10.4. The minimum atomic E-state index is -0.317. The molecule has 7 nitrogen and oxygen atoms in total. The van der Waals surface area contributed by atoms with E-state index in [-0.39, 0.29) is 17.7 Å². The molecule has 0 radical (unpaired) electrons. The average Bonchev–Trinajstić information content (AvgIpc) is 2.94. The van der Waals surface area contributed by atoms with Gasteiger partial charge < -0.3 is 15.0 Å². The van der Waals surface area contributed by atoms with Gasteiger partial charge in [0.15, 0.2) is 0 Å².